The van der Waals surface area contributed by atoms with Gasteiger partial charge >= 0.3 is 0 Å². The molecule has 20 heavy (non-hydrogen) atoms. The smallest absolute Gasteiger partial charge is 0.175 e. The van der Waals surface area contributed by atoms with Crippen LogP contribution in [0.15, 0.2) is 29.2 Å². The van der Waals surface area contributed by atoms with E-state index in [9.17, 15) is 13.2 Å². The summed E-state index contributed by atoms with van der Waals surface area (Å²) in [5.41, 5.74) is 0.636. The Labute approximate surface area is 121 Å². The van der Waals surface area contributed by atoms with Crippen LogP contribution in [0, 0.1) is 11.8 Å². The van der Waals surface area contributed by atoms with Gasteiger partial charge in [-0.3, -0.25) is 4.79 Å². The van der Waals surface area contributed by atoms with E-state index in [2.05, 4.69) is 6.92 Å². The number of hydrogen-bond donors (Lipinski definition) is 0. The summed E-state index contributed by atoms with van der Waals surface area (Å²) in [5.74, 6) is 1.05. The molecule has 1 aromatic rings. The number of carbonyl (C=O) groups excluding carboxylic acids is 1. The van der Waals surface area contributed by atoms with E-state index < -0.39 is 9.84 Å². The minimum absolute atomic E-state index is 0.113. The van der Waals surface area contributed by atoms with Crippen LogP contribution in [0.25, 0.3) is 0 Å². The second-order valence-electron chi connectivity index (χ2n) is 5.79. The number of ketones is 1. The minimum atomic E-state index is -3.19. The number of sulfone groups is 1. The first kappa shape index (κ1) is 15.2. The molecule has 1 aliphatic carbocycles. The number of carbonyl (C=O) groups is 1. The van der Waals surface area contributed by atoms with E-state index in [1.54, 1.807) is 12.1 Å². The fourth-order valence-corrected chi connectivity index (χ4v) is 3.57. The Morgan fingerprint density at radius 1 is 1.10 bits per heavy atom. The van der Waals surface area contributed by atoms with E-state index in [1.165, 1.54) is 24.8 Å². The molecule has 0 bridgehead atoms. The monoisotopic (exact) mass is 294 g/mol. The van der Waals surface area contributed by atoms with Crippen molar-refractivity contribution in [2.24, 2.45) is 11.8 Å². The highest BCUT2D eigenvalue weighted by Gasteiger charge is 2.26. The van der Waals surface area contributed by atoms with Gasteiger partial charge in [0.15, 0.2) is 15.6 Å². The highest BCUT2D eigenvalue weighted by Crippen LogP contribution is 2.32. The zero-order valence-electron chi connectivity index (χ0n) is 12.1. The quantitative estimate of drug-likeness (QED) is 0.799. The number of hydrogen-bond acceptors (Lipinski definition) is 3. The van der Waals surface area contributed by atoms with Gasteiger partial charge in [-0.2, -0.15) is 0 Å². The van der Waals surface area contributed by atoms with Crippen molar-refractivity contribution in [2.45, 2.75) is 43.9 Å². The van der Waals surface area contributed by atoms with Crippen LogP contribution in [0.5, 0.6) is 0 Å². The molecule has 0 aromatic heterocycles. The van der Waals surface area contributed by atoms with E-state index in [0.29, 0.717) is 5.56 Å². The molecule has 0 radical (unpaired) electrons. The van der Waals surface area contributed by atoms with Crippen LogP contribution in [0.1, 0.15) is 49.4 Å². The molecule has 1 saturated carbocycles. The maximum Gasteiger partial charge on any atom is 0.175 e. The third-order valence-electron chi connectivity index (χ3n) is 4.36. The van der Waals surface area contributed by atoms with Crippen LogP contribution in [0.2, 0.25) is 0 Å². The Hall–Kier alpha value is -1.16. The Bertz CT molecular complexity index is 564. The molecule has 0 unspecified atom stereocenters. The highest BCUT2D eigenvalue weighted by atomic mass is 32.2. The Kier molecular flexibility index (Phi) is 4.63. The van der Waals surface area contributed by atoms with Crippen molar-refractivity contribution in [3.63, 3.8) is 0 Å². The van der Waals surface area contributed by atoms with Gasteiger partial charge in [0, 0.05) is 17.7 Å². The maximum absolute atomic E-state index is 12.4. The molecule has 4 heteroatoms. The predicted molar refractivity (Wildman–Crippen MR) is 79.6 cm³/mol. The van der Waals surface area contributed by atoms with E-state index in [0.717, 1.165) is 31.6 Å². The van der Waals surface area contributed by atoms with Gasteiger partial charge in [0.05, 0.1) is 4.90 Å². The molecule has 0 heterocycles. The molecular weight excluding hydrogens is 272 g/mol. The summed E-state index contributed by atoms with van der Waals surface area (Å²) < 4.78 is 22.8. The van der Waals surface area contributed by atoms with E-state index in [-0.39, 0.29) is 16.6 Å². The summed E-state index contributed by atoms with van der Waals surface area (Å²) in [6.45, 7) is 2.21. The zero-order chi connectivity index (χ0) is 14.8. The lowest BCUT2D eigenvalue weighted by Gasteiger charge is -2.26. The number of rotatable bonds is 4. The summed E-state index contributed by atoms with van der Waals surface area (Å²) >= 11 is 0. The van der Waals surface area contributed by atoms with Crippen molar-refractivity contribution in [1.82, 2.24) is 0 Å². The highest BCUT2D eigenvalue weighted by molar-refractivity contribution is 7.90. The molecule has 110 valence electrons. The second kappa shape index (κ2) is 6.08. The summed E-state index contributed by atoms with van der Waals surface area (Å²) in [4.78, 5) is 12.7. The van der Waals surface area contributed by atoms with Crippen molar-refractivity contribution in [1.29, 1.82) is 0 Å². The summed E-state index contributed by atoms with van der Waals surface area (Å²) in [6.07, 6.45) is 6.57. The molecule has 0 atom stereocenters. The van der Waals surface area contributed by atoms with Gasteiger partial charge < -0.3 is 0 Å². The Morgan fingerprint density at radius 3 is 2.10 bits per heavy atom. The molecule has 3 nitrogen and oxygen atoms in total. The number of Topliss-reactive ketones (excluding diaryl/α,β-unsaturated/α-hetero) is 1. The van der Waals surface area contributed by atoms with Gasteiger partial charge in [-0.05, 0) is 43.7 Å². The van der Waals surface area contributed by atoms with Gasteiger partial charge in [0.2, 0.25) is 0 Å². The lowest BCUT2D eigenvalue weighted by atomic mass is 9.78. The van der Waals surface area contributed by atoms with Crippen LogP contribution >= 0.6 is 0 Å². The largest absolute Gasteiger partial charge is 0.294 e. The van der Waals surface area contributed by atoms with Crippen molar-refractivity contribution in [3.8, 4) is 0 Å². The normalized spacial score (nSPS) is 23.5. The van der Waals surface area contributed by atoms with Crippen LogP contribution < -0.4 is 0 Å². The molecule has 0 amide bonds. The molecule has 2 rings (SSSR count). The lowest BCUT2D eigenvalue weighted by Crippen LogP contribution is -2.21. The molecule has 1 fully saturated rings. The van der Waals surface area contributed by atoms with Crippen molar-refractivity contribution < 1.29 is 13.2 Å². The maximum atomic E-state index is 12.4. The summed E-state index contributed by atoms with van der Waals surface area (Å²) in [5, 5.41) is 0. The first-order valence-electron chi connectivity index (χ1n) is 7.26. The molecule has 1 aromatic carbocycles. The molecule has 0 N–H and O–H groups in total. The number of benzene rings is 1. The average molecular weight is 294 g/mol. The van der Waals surface area contributed by atoms with Gasteiger partial charge in [0.1, 0.15) is 0 Å². The minimum Gasteiger partial charge on any atom is -0.294 e. The van der Waals surface area contributed by atoms with E-state index in [1.807, 2.05) is 0 Å². The van der Waals surface area contributed by atoms with Crippen molar-refractivity contribution >= 4 is 15.6 Å². The molecule has 0 spiro atoms. The Morgan fingerprint density at radius 2 is 1.65 bits per heavy atom. The van der Waals surface area contributed by atoms with Gasteiger partial charge in [-0.1, -0.05) is 25.5 Å². The Balaban J connectivity index is 2.07. The first-order valence-corrected chi connectivity index (χ1v) is 9.15. The van der Waals surface area contributed by atoms with Gasteiger partial charge in [0.25, 0.3) is 0 Å². The average Bonchev–Trinajstić information content (AvgIpc) is 2.46. The third-order valence-corrected chi connectivity index (χ3v) is 5.49. The van der Waals surface area contributed by atoms with Crippen LogP contribution in [0.4, 0.5) is 0 Å². The van der Waals surface area contributed by atoms with Crippen molar-refractivity contribution in [3.05, 3.63) is 29.8 Å². The van der Waals surface area contributed by atoms with Crippen molar-refractivity contribution in [2.75, 3.05) is 6.26 Å². The SMILES string of the molecule is CCC1CCC(C(=O)c2ccc(S(C)(=O)=O)cc2)CC1. The fraction of sp³-hybridized carbons (Fsp3) is 0.562. The van der Waals surface area contributed by atoms with E-state index in [4.69, 9.17) is 0 Å². The summed E-state index contributed by atoms with van der Waals surface area (Å²) in [6, 6.07) is 6.34. The third kappa shape index (κ3) is 3.48. The van der Waals surface area contributed by atoms with Crippen LogP contribution in [-0.2, 0) is 9.84 Å². The van der Waals surface area contributed by atoms with Gasteiger partial charge in [-0.15, -0.1) is 0 Å². The fourth-order valence-electron chi connectivity index (χ4n) is 2.93. The predicted octanol–water partition coefficient (Wildman–Crippen LogP) is 3.49. The summed E-state index contributed by atoms with van der Waals surface area (Å²) in [7, 11) is -3.19. The second-order valence-corrected chi connectivity index (χ2v) is 7.80. The zero-order valence-corrected chi connectivity index (χ0v) is 12.9. The van der Waals surface area contributed by atoms with Crippen LogP contribution in [0.3, 0.4) is 0 Å². The first-order chi connectivity index (χ1) is 9.41. The van der Waals surface area contributed by atoms with Gasteiger partial charge in [-0.25, -0.2) is 8.42 Å². The van der Waals surface area contributed by atoms with Crippen LogP contribution in [-0.4, -0.2) is 20.5 Å². The standard InChI is InChI=1S/C16H22O3S/c1-3-12-4-6-13(7-5-12)16(17)14-8-10-15(11-9-14)20(2,18)19/h8-13H,3-7H2,1-2H3. The lowest BCUT2D eigenvalue weighted by molar-refractivity contribution is 0.0871. The topological polar surface area (TPSA) is 51.2 Å². The molecule has 0 saturated heterocycles. The molecule has 1 aliphatic rings. The molecular formula is C16H22O3S. The molecule has 0 aliphatic heterocycles. The van der Waals surface area contributed by atoms with E-state index >= 15 is 0 Å².